The maximum Gasteiger partial charge on any atom is 0.256 e. The van der Waals surface area contributed by atoms with E-state index in [0.29, 0.717) is 5.56 Å². The number of carbonyl (C=O) groups excluding carboxylic acids is 1. The molecule has 0 unspecified atom stereocenters. The molecule has 0 bridgehead atoms. The Morgan fingerprint density at radius 3 is 2.50 bits per heavy atom. The van der Waals surface area contributed by atoms with Gasteiger partial charge in [0.1, 0.15) is 0 Å². The van der Waals surface area contributed by atoms with Gasteiger partial charge < -0.3 is 5.32 Å². The zero-order chi connectivity index (χ0) is 14.5. The fourth-order valence-electron chi connectivity index (χ4n) is 2.05. The van der Waals surface area contributed by atoms with Gasteiger partial charge in [-0.05, 0) is 59.1 Å². The molecule has 0 aromatic heterocycles. The summed E-state index contributed by atoms with van der Waals surface area (Å²) in [7, 11) is 0. The van der Waals surface area contributed by atoms with Gasteiger partial charge in [0.2, 0.25) is 0 Å². The van der Waals surface area contributed by atoms with E-state index in [9.17, 15) is 4.79 Å². The van der Waals surface area contributed by atoms with E-state index in [-0.39, 0.29) is 5.91 Å². The predicted octanol–water partition coefficient (Wildman–Crippen LogP) is 4.96. The molecular formula is C17H18BrNO. The van der Waals surface area contributed by atoms with Gasteiger partial charge in [0.05, 0.1) is 5.56 Å². The summed E-state index contributed by atoms with van der Waals surface area (Å²) in [5, 5.41) is 2.93. The molecule has 0 aliphatic heterocycles. The Balaban J connectivity index is 2.13. The molecule has 0 heterocycles. The van der Waals surface area contributed by atoms with Crippen LogP contribution in [0.15, 0.2) is 46.9 Å². The molecule has 1 N–H and O–H groups in total. The maximum absolute atomic E-state index is 12.3. The van der Waals surface area contributed by atoms with Crippen LogP contribution in [0, 0.1) is 6.92 Å². The van der Waals surface area contributed by atoms with Crippen molar-refractivity contribution in [1.82, 2.24) is 0 Å². The quantitative estimate of drug-likeness (QED) is 0.842. The lowest BCUT2D eigenvalue weighted by atomic mass is 10.1. The number of aryl methyl sites for hydroxylation is 2. The molecule has 20 heavy (non-hydrogen) atoms. The molecule has 104 valence electrons. The van der Waals surface area contributed by atoms with Crippen molar-refractivity contribution in [3.63, 3.8) is 0 Å². The van der Waals surface area contributed by atoms with Crippen molar-refractivity contribution < 1.29 is 4.79 Å². The Kier molecular flexibility index (Phi) is 4.96. The van der Waals surface area contributed by atoms with Crippen LogP contribution in [0.5, 0.6) is 0 Å². The van der Waals surface area contributed by atoms with Crippen LogP contribution < -0.4 is 5.32 Å². The number of amides is 1. The van der Waals surface area contributed by atoms with Gasteiger partial charge in [-0.15, -0.1) is 0 Å². The Morgan fingerprint density at radius 2 is 1.85 bits per heavy atom. The third-order valence-corrected chi connectivity index (χ3v) is 3.81. The van der Waals surface area contributed by atoms with Crippen molar-refractivity contribution in [3.8, 4) is 0 Å². The molecule has 2 nitrogen and oxygen atoms in total. The van der Waals surface area contributed by atoms with Gasteiger partial charge >= 0.3 is 0 Å². The molecule has 0 atom stereocenters. The molecule has 0 spiro atoms. The van der Waals surface area contributed by atoms with Crippen LogP contribution >= 0.6 is 15.9 Å². The second kappa shape index (κ2) is 6.71. The van der Waals surface area contributed by atoms with Crippen molar-refractivity contribution in [3.05, 3.63) is 63.6 Å². The maximum atomic E-state index is 12.3. The highest BCUT2D eigenvalue weighted by molar-refractivity contribution is 9.10. The van der Waals surface area contributed by atoms with Gasteiger partial charge in [-0.25, -0.2) is 0 Å². The first-order valence-electron chi connectivity index (χ1n) is 6.76. The average Bonchev–Trinajstić information content (AvgIpc) is 2.44. The fourth-order valence-corrected chi connectivity index (χ4v) is 2.48. The number of hydrogen-bond acceptors (Lipinski definition) is 1. The summed E-state index contributed by atoms with van der Waals surface area (Å²) in [6, 6.07) is 13.8. The van der Waals surface area contributed by atoms with Crippen LogP contribution in [0.25, 0.3) is 0 Å². The number of nitrogens with one attached hydrogen (secondary N) is 1. The van der Waals surface area contributed by atoms with E-state index in [2.05, 4.69) is 40.3 Å². The van der Waals surface area contributed by atoms with Crippen molar-refractivity contribution in [1.29, 1.82) is 0 Å². The number of halogens is 1. The van der Waals surface area contributed by atoms with Gasteiger partial charge in [-0.2, -0.15) is 0 Å². The molecule has 0 aliphatic carbocycles. The van der Waals surface area contributed by atoms with E-state index in [1.165, 1.54) is 5.56 Å². The minimum Gasteiger partial charge on any atom is -0.322 e. The fraction of sp³-hybridized carbons (Fsp3) is 0.235. The predicted molar refractivity (Wildman–Crippen MR) is 87.3 cm³/mol. The lowest BCUT2D eigenvalue weighted by Gasteiger charge is -2.08. The van der Waals surface area contributed by atoms with Crippen LogP contribution in [0.4, 0.5) is 5.69 Å². The summed E-state index contributed by atoms with van der Waals surface area (Å²) in [4.78, 5) is 12.3. The molecular weight excluding hydrogens is 314 g/mol. The van der Waals surface area contributed by atoms with Gasteiger partial charge in [0.25, 0.3) is 5.91 Å². The SMILES string of the molecule is CCCc1ccc(NC(=O)c2cc(C)ccc2Br)cc1. The van der Waals surface area contributed by atoms with E-state index >= 15 is 0 Å². The zero-order valence-electron chi connectivity index (χ0n) is 11.7. The van der Waals surface area contributed by atoms with Crippen molar-refractivity contribution >= 4 is 27.5 Å². The molecule has 2 rings (SSSR count). The van der Waals surface area contributed by atoms with E-state index < -0.39 is 0 Å². The number of hydrogen-bond donors (Lipinski definition) is 1. The Hall–Kier alpha value is -1.61. The summed E-state index contributed by atoms with van der Waals surface area (Å²) in [5.74, 6) is -0.0937. The van der Waals surface area contributed by atoms with Crippen molar-refractivity contribution in [2.24, 2.45) is 0 Å². The molecule has 0 fully saturated rings. The Morgan fingerprint density at radius 1 is 1.15 bits per heavy atom. The number of rotatable bonds is 4. The van der Waals surface area contributed by atoms with E-state index in [1.807, 2.05) is 37.3 Å². The van der Waals surface area contributed by atoms with Crippen LogP contribution in [0.2, 0.25) is 0 Å². The molecule has 0 radical (unpaired) electrons. The minimum atomic E-state index is -0.0937. The first kappa shape index (κ1) is 14.8. The van der Waals surface area contributed by atoms with Crippen LogP contribution in [0.1, 0.15) is 34.8 Å². The van der Waals surface area contributed by atoms with Gasteiger partial charge in [0.15, 0.2) is 0 Å². The van der Waals surface area contributed by atoms with Crippen molar-refractivity contribution in [2.75, 3.05) is 5.32 Å². The first-order chi connectivity index (χ1) is 9.60. The number of benzene rings is 2. The highest BCUT2D eigenvalue weighted by Crippen LogP contribution is 2.20. The lowest BCUT2D eigenvalue weighted by molar-refractivity contribution is 0.102. The topological polar surface area (TPSA) is 29.1 Å². The summed E-state index contributed by atoms with van der Waals surface area (Å²) >= 11 is 3.42. The third-order valence-electron chi connectivity index (χ3n) is 3.12. The number of carbonyl (C=O) groups is 1. The minimum absolute atomic E-state index is 0.0937. The number of anilines is 1. The lowest BCUT2D eigenvalue weighted by Crippen LogP contribution is -2.12. The normalized spacial score (nSPS) is 10.3. The second-order valence-electron chi connectivity index (χ2n) is 4.88. The van der Waals surface area contributed by atoms with Crippen LogP contribution in [0.3, 0.4) is 0 Å². The molecule has 0 saturated carbocycles. The third kappa shape index (κ3) is 3.70. The summed E-state index contributed by atoms with van der Waals surface area (Å²) in [6.07, 6.45) is 2.19. The smallest absolute Gasteiger partial charge is 0.256 e. The molecule has 2 aromatic rings. The molecule has 1 amide bonds. The summed E-state index contributed by atoms with van der Waals surface area (Å²) < 4.78 is 0.809. The molecule has 0 saturated heterocycles. The molecule has 2 aromatic carbocycles. The molecule has 0 aliphatic rings. The zero-order valence-corrected chi connectivity index (χ0v) is 13.3. The van der Waals surface area contributed by atoms with Gasteiger partial charge in [-0.1, -0.05) is 37.1 Å². The van der Waals surface area contributed by atoms with E-state index in [0.717, 1.165) is 28.6 Å². The van der Waals surface area contributed by atoms with E-state index in [4.69, 9.17) is 0 Å². The van der Waals surface area contributed by atoms with Crippen LogP contribution in [-0.4, -0.2) is 5.91 Å². The summed E-state index contributed by atoms with van der Waals surface area (Å²) in [6.45, 7) is 4.13. The highest BCUT2D eigenvalue weighted by atomic mass is 79.9. The molecule has 3 heteroatoms. The largest absolute Gasteiger partial charge is 0.322 e. The van der Waals surface area contributed by atoms with Gasteiger partial charge in [-0.3, -0.25) is 4.79 Å². The van der Waals surface area contributed by atoms with Crippen LogP contribution in [-0.2, 0) is 6.42 Å². The highest BCUT2D eigenvalue weighted by Gasteiger charge is 2.10. The summed E-state index contributed by atoms with van der Waals surface area (Å²) in [5.41, 5.74) is 3.84. The Bertz CT molecular complexity index is 605. The first-order valence-corrected chi connectivity index (χ1v) is 7.56. The van der Waals surface area contributed by atoms with Crippen molar-refractivity contribution in [2.45, 2.75) is 26.7 Å². The monoisotopic (exact) mass is 331 g/mol. The van der Waals surface area contributed by atoms with Gasteiger partial charge in [0, 0.05) is 10.2 Å². The average molecular weight is 332 g/mol. The Labute approximate surface area is 128 Å². The van der Waals surface area contributed by atoms with E-state index in [1.54, 1.807) is 0 Å². The second-order valence-corrected chi connectivity index (χ2v) is 5.74. The standard InChI is InChI=1S/C17H18BrNO/c1-3-4-13-6-8-14(9-7-13)19-17(20)15-11-12(2)5-10-16(15)18/h5-11H,3-4H2,1-2H3,(H,19,20).